The highest BCUT2D eigenvalue weighted by Gasteiger charge is 2.32. The van der Waals surface area contributed by atoms with Crippen LogP contribution in [0.3, 0.4) is 0 Å². The van der Waals surface area contributed by atoms with Crippen LogP contribution >= 0.6 is 11.6 Å². The second-order valence-corrected chi connectivity index (χ2v) is 6.98. The molecular formula is C18H22ClN3O2. The smallest absolute Gasteiger partial charge is 0.322 e. The van der Waals surface area contributed by atoms with Gasteiger partial charge in [-0.25, -0.2) is 4.79 Å². The Hall–Kier alpha value is -2.01. The van der Waals surface area contributed by atoms with Gasteiger partial charge in [0.25, 0.3) is 0 Å². The Morgan fingerprint density at radius 1 is 1.42 bits per heavy atom. The highest BCUT2D eigenvalue weighted by Crippen LogP contribution is 2.33. The molecule has 0 aliphatic carbocycles. The molecule has 3 rings (SSSR count). The number of rotatable bonds is 3. The predicted molar refractivity (Wildman–Crippen MR) is 94.5 cm³/mol. The summed E-state index contributed by atoms with van der Waals surface area (Å²) >= 11 is 6.21. The normalized spacial score (nSPS) is 17.5. The maximum Gasteiger partial charge on any atom is 0.322 e. The van der Waals surface area contributed by atoms with E-state index < -0.39 is 0 Å². The summed E-state index contributed by atoms with van der Waals surface area (Å²) in [6, 6.07) is 7.34. The molecule has 1 saturated heterocycles. The van der Waals surface area contributed by atoms with Gasteiger partial charge in [-0.3, -0.25) is 0 Å². The van der Waals surface area contributed by atoms with E-state index in [0.717, 1.165) is 29.9 Å². The molecule has 0 radical (unpaired) electrons. The van der Waals surface area contributed by atoms with Crippen LogP contribution in [-0.4, -0.2) is 22.6 Å². The van der Waals surface area contributed by atoms with Crippen LogP contribution < -0.4 is 5.32 Å². The molecule has 0 unspecified atom stereocenters. The number of carbonyl (C=O) groups is 1. The first-order chi connectivity index (χ1) is 11.5. The van der Waals surface area contributed by atoms with Crippen LogP contribution in [0.5, 0.6) is 0 Å². The molecule has 6 heteroatoms. The molecule has 1 aliphatic rings. The molecule has 1 aromatic heterocycles. The van der Waals surface area contributed by atoms with Crippen molar-refractivity contribution in [2.45, 2.75) is 45.6 Å². The van der Waals surface area contributed by atoms with Gasteiger partial charge >= 0.3 is 6.03 Å². The maximum atomic E-state index is 12.7. The summed E-state index contributed by atoms with van der Waals surface area (Å²) in [7, 11) is 0. The standard InChI is InChI=1S/C18H22ClN3O2/c1-11(2)17-10-15(21-24-17)16-5-4-8-22(16)18(23)20-14-7-6-12(3)9-13(14)19/h6-7,9-11,16H,4-5,8H2,1-3H3,(H,20,23)/t16-/m1/s1. The van der Waals surface area contributed by atoms with Crippen LogP contribution in [0.25, 0.3) is 0 Å². The minimum atomic E-state index is -0.155. The average molecular weight is 348 g/mol. The van der Waals surface area contributed by atoms with Gasteiger partial charge in [-0.2, -0.15) is 0 Å². The van der Waals surface area contributed by atoms with Gasteiger partial charge in [0.1, 0.15) is 11.5 Å². The number of urea groups is 1. The fourth-order valence-corrected chi connectivity index (χ4v) is 3.24. The topological polar surface area (TPSA) is 58.4 Å². The van der Waals surface area contributed by atoms with Crippen molar-refractivity contribution in [1.82, 2.24) is 10.1 Å². The van der Waals surface area contributed by atoms with E-state index in [-0.39, 0.29) is 18.0 Å². The molecule has 0 bridgehead atoms. The second-order valence-electron chi connectivity index (χ2n) is 6.57. The quantitative estimate of drug-likeness (QED) is 0.837. The van der Waals surface area contributed by atoms with Crippen molar-refractivity contribution < 1.29 is 9.32 Å². The van der Waals surface area contributed by atoms with Gasteiger partial charge in [-0.05, 0) is 37.5 Å². The Kier molecular flexibility index (Phi) is 4.81. The van der Waals surface area contributed by atoms with Gasteiger partial charge in [-0.1, -0.05) is 36.7 Å². The lowest BCUT2D eigenvalue weighted by Gasteiger charge is -2.23. The number of nitrogens with zero attached hydrogens (tertiary/aromatic N) is 2. The zero-order chi connectivity index (χ0) is 17.3. The third-order valence-electron chi connectivity index (χ3n) is 4.34. The van der Waals surface area contributed by atoms with Gasteiger partial charge < -0.3 is 14.7 Å². The molecule has 2 amide bonds. The average Bonchev–Trinajstić information content (AvgIpc) is 3.17. The molecule has 2 heterocycles. The molecule has 1 fully saturated rings. The van der Waals surface area contributed by atoms with Crippen LogP contribution in [0.1, 0.15) is 55.7 Å². The van der Waals surface area contributed by atoms with Crippen molar-refractivity contribution in [2.24, 2.45) is 0 Å². The summed E-state index contributed by atoms with van der Waals surface area (Å²) in [5.41, 5.74) is 2.50. The number of benzene rings is 1. The number of carbonyl (C=O) groups excluding carboxylic acids is 1. The zero-order valence-electron chi connectivity index (χ0n) is 14.2. The monoisotopic (exact) mass is 347 g/mol. The number of nitrogens with one attached hydrogen (secondary N) is 1. The second kappa shape index (κ2) is 6.85. The molecule has 0 saturated carbocycles. The van der Waals surface area contributed by atoms with Gasteiger partial charge in [0.15, 0.2) is 0 Å². The predicted octanol–water partition coefficient (Wildman–Crippen LogP) is 5.13. The number of hydrogen-bond donors (Lipinski definition) is 1. The van der Waals surface area contributed by atoms with Crippen molar-refractivity contribution in [3.8, 4) is 0 Å². The molecule has 1 aromatic carbocycles. The van der Waals surface area contributed by atoms with Crippen LogP contribution in [0.4, 0.5) is 10.5 Å². The van der Waals surface area contributed by atoms with E-state index >= 15 is 0 Å². The van der Waals surface area contributed by atoms with Crippen LogP contribution in [0.15, 0.2) is 28.8 Å². The molecule has 5 nitrogen and oxygen atoms in total. The third kappa shape index (κ3) is 3.41. The Labute approximate surface area is 147 Å². The Balaban J connectivity index is 1.75. The van der Waals surface area contributed by atoms with E-state index in [4.69, 9.17) is 16.1 Å². The van der Waals surface area contributed by atoms with Crippen LogP contribution in [0.2, 0.25) is 5.02 Å². The van der Waals surface area contributed by atoms with Crippen molar-refractivity contribution in [1.29, 1.82) is 0 Å². The SMILES string of the molecule is Cc1ccc(NC(=O)N2CCC[C@@H]2c2cc(C(C)C)on2)c(Cl)c1. The lowest BCUT2D eigenvalue weighted by Crippen LogP contribution is -2.34. The van der Waals surface area contributed by atoms with E-state index in [1.807, 2.05) is 31.2 Å². The fraction of sp³-hybridized carbons (Fsp3) is 0.444. The van der Waals surface area contributed by atoms with Crippen molar-refractivity contribution in [2.75, 3.05) is 11.9 Å². The Bertz CT molecular complexity index is 742. The lowest BCUT2D eigenvalue weighted by atomic mass is 10.1. The van der Waals surface area contributed by atoms with Gasteiger partial charge in [0.05, 0.1) is 16.8 Å². The molecular weight excluding hydrogens is 326 g/mol. The van der Waals surface area contributed by atoms with Crippen molar-refractivity contribution >= 4 is 23.3 Å². The lowest BCUT2D eigenvalue weighted by molar-refractivity contribution is 0.204. The summed E-state index contributed by atoms with van der Waals surface area (Å²) < 4.78 is 5.39. The third-order valence-corrected chi connectivity index (χ3v) is 4.65. The summed E-state index contributed by atoms with van der Waals surface area (Å²) in [6.45, 7) is 6.78. The number of aromatic nitrogens is 1. The van der Waals surface area contributed by atoms with Gasteiger partial charge in [0.2, 0.25) is 0 Å². The van der Waals surface area contributed by atoms with Gasteiger partial charge in [-0.15, -0.1) is 0 Å². The molecule has 1 aliphatic heterocycles. The van der Waals surface area contributed by atoms with E-state index in [1.54, 1.807) is 4.90 Å². The minimum absolute atomic E-state index is 0.0505. The molecule has 1 atom stereocenters. The first-order valence-electron chi connectivity index (χ1n) is 8.26. The summed E-state index contributed by atoms with van der Waals surface area (Å²) in [5, 5.41) is 7.61. The highest BCUT2D eigenvalue weighted by molar-refractivity contribution is 6.33. The van der Waals surface area contributed by atoms with E-state index in [0.29, 0.717) is 17.3 Å². The van der Waals surface area contributed by atoms with Crippen LogP contribution in [0, 0.1) is 6.92 Å². The van der Waals surface area contributed by atoms with Crippen LogP contribution in [-0.2, 0) is 0 Å². The van der Waals surface area contributed by atoms with E-state index in [9.17, 15) is 4.79 Å². The minimum Gasteiger partial charge on any atom is -0.361 e. The number of hydrogen-bond acceptors (Lipinski definition) is 3. The molecule has 24 heavy (non-hydrogen) atoms. The number of amides is 2. The fourth-order valence-electron chi connectivity index (χ4n) is 2.96. The number of aryl methyl sites for hydroxylation is 1. The molecule has 0 spiro atoms. The number of halogens is 1. The van der Waals surface area contributed by atoms with Gasteiger partial charge in [0, 0.05) is 18.5 Å². The summed E-state index contributed by atoms with van der Waals surface area (Å²) in [4.78, 5) is 14.5. The van der Waals surface area contributed by atoms with E-state index in [1.165, 1.54) is 0 Å². The molecule has 128 valence electrons. The summed E-state index contributed by atoms with van der Waals surface area (Å²) in [5.74, 6) is 1.13. The van der Waals surface area contributed by atoms with Crippen molar-refractivity contribution in [3.63, 3.8) is 0 Å². The first-order valence-corrected chi connectivity index (χ1v) is 8.64. The van der Waals surface area contributed by atoms with E-state index in [2.05, 4.69) is 24.3 Å². The Morgan fingerprint density at radius 2 is 2.21 bits per heavy atom. The highest BCUT2D eigenvalue weighted by atomic mass is 35.5. The molecule has 2 aromatic rings. The largest absolute Gasteiger partial charge is 0.361 e. The number of likely N-dealkylation sites (tertiary alicyclic amines) is 1. The Morgan fingerprint density at radius 3 is 2.88 bits per heavy atom. The maximum absolute atomic E-state index is 12.7. The summed E-state index contributed by atoms with van der Waals surface area (Å²) in [6.07, 6.45) is 1.84. The van der Waals surface area contributed by atoms with Crippen molar-refractivity contribution in [3.05, 3.63) is 46.3 Å². The first kappa shape index (κ1) is 16.8. The number of anilines is 1. The molecule has 1 N–H and O–H groups in total. The zero-order valence-corrected chi connectivity index (χ0v) is 14.9.